The summed E-state index contributed by atoms with van der Waals surface area (Å²) < 4.78 is 30.3. The summed E-state index contributed by atoms with van der Waals surface area (Å²) >= 11 is 0. The van der Waals surface area contributed by atoms with Crippen LogP contribution in [0.15, 0.2) is 12.5 Å². The van der Waals surface area contributed by atoms with Crippen LogP contribution in [0.1, 0.15) is 32.6 Å². The van der Waals surface area contributed by atoms with Crippen LogP contribution in [0, 0.1) is 0 Å². The Morgan fingerprint density at radius 2 is 2.12 bits per heavy atom. The molecule has 0 radical (unpaired) electrons. The number of halogens is 2. The highest BCUT2D eigenvalue weighted by Crippen LogP contribution is 2.18. The molecule has 1 heterocycles. The molecule has 0 bridgehead atoms. The zero-order valence-corrected chi connectivity index (χ0v) is 9.72. The molecule has 0 aliphatic heterocycles. The van der Waals surface area contributed by atoms with Gasteiger partial charge in [0.15, 0.2) is 6.10 Å². The van der Waals surface area contributed by atoms with Gasteiger partial charge in [0.2, 0.25) is 0 Å². The third-order valence-electron chi connectivity index (χ3n) is 1.75. The van der Waals surface area contributed by atoms with Gasteiger partial charge in [-0.15, -0.1) is 0 Å². The number of carbonyl (C=O) groups excluding carboxylic acids is 1. The molecule has 7 heteroatoms. The van der Waals surface area contributed by atoms with Gasteiger partial charge in [-0.05, 0) is 20.8 Å². The molecule has 0 saturated carbocycles. The molecule has 1 aromatic rings. The van der Waals surface area contributed by atoms with Gasteiger partial charge >= 0.3 is 6.09 Å². The molecule has 0 aromatic carbocycles. The lowest BCUT2D eigenvalue weighted by Gasteiger charge is -2.19. The zero-order chi connectivity index (χ0) is 13.2. The molecule has 1 unspecified atom stereocenters. The summed E-state index contributed by atoms with van der Waals surface area (Å²) in [6, 6.07) is 0. The molecular weight excluding hydrogens is 234 g/mol. The molecule has 0 saturated heterocycles. The van der Waals surface area contributed by atoms with E-state index in [4.69, 9.17) is 9.84 Å². The number of rotatable bonds is 2. The SMILES string of the molecule is CC(C)(C)OC(=O)n1cnc(C(O)C(F)F)c1. The van der Waals surface area contributed by atoms with Gasteiger partial charge in [0.05, 0.1) is 5.69 Å². The molecule has 0 spiro atoms. The van der Waals surface area contributed by atoms with Gasteiger partial charge in [-0.3, -0.25) is 0 Å². The van der Waals surface area contributed by atoms with Crippen molar-refractivity contribution < 1.29 is 23.4 Å². The number of hydrogen-bond donors (Lipinski definition) is 1. The van der Waals surface area contributed by atoms with Crippen molar-refractivity contribution in [2.75, 3.05) is 0 Å². The monoisotopic (exact) mass is 248 g/mol. The van der Waals surface area contributed by atoms with E-state index in [2.05, 4.69) is 4.98 Å². The van der Waals surface area contributed by atoms with Crippen molar-refractivity contribution >= 4 is 6.09 Å². The van der Waals surface area contributed by atoms with Crippen molar-refractivity contribution in [2.45, 2.75) is 38.9 Å². The Balaban J connectivity index is 2.78. The van der Waals surface area contributed by atoms with Crippen LogP contribution >= 0.6 is 0 Å². The Morgan fingerprint density at radius 1 is 1.53 bits per heavy atom. The van der Waals surface area contributed by atoms with Crippen molar-refractivity contribution in [3.05, 3.63) is 18.2 Å². The summed E-state index contributed by atoms with van der Waals surface area (Å²) in [5, 5.41) is 9.05. The Labute approximate surface area is 97.0 Å². The second-order valence-electron chi connectivity index (χ2n) is 4.47. The fourth-order valence-corrected chi connectivity index (χ4v) is 1.03. The predicted octanol–water partition coefficient (Wildman–Crippen LogP) is 1.96. The average molecular weight is 248 g/mol. The largest absolute Gasteiger partial charge is 0.443 e. The van der Waals surface area contributed by atoms with Crippen LogP contribution in [0.5, 0.6) is 0 Å². The average Bonchev–Trinajstić information content (AvgIpc) is 2.62. The lowest BCUT2D eigenvalue weighted by atomic mass is 10.2. The highest BCUT2D eigenvalue weighted by molar-refractivity contribution is 5.70. The molecule has 96 valence electrons. The van der Waals surface area contributed by atoms with Crippen LogP contribution in [-0.2, 0) is 4.74 Å². The first-order chi connectivity index (χ1) is 7.70. The van der Waals surface area contributed by atoms with Crippen molar-refractivity contribution in [3.63, 3.8) is 0 Å². The topological polar surface area (TPSA) is 64.4 Å². The lowest BCUT2D eigenvalue weighted by molar-refractivity contribution is -0.00809. The van der Waals surface area contributed by atoms with Crippen LogP contribution in [0.2, 0.25) is 0 Å². The summed E-state index contributed by atoms with van der Waals surface area (Å²) in [5.41, 5.74) is -0.964. The van der Waals surface area contributed by atoms with Crippen molar-refractivity contribution in [2.24, 2.45) is 0 Å². The number of imidazole rings is 1. The minimum Gasteiger partial charge on any atom is -0.443 e. The summed E-state index contributed by atoms with van der Waals surface area (Å²) in [6.45, 7) is 5.03. The Morgan fingerprint density at radius 3 is 2.59 bits per heavy atom. The summed E-state index contributed by atoms with van der Waals surface area (Å²) in [4.78, 5) is 15.0. The molecule has 0 amide bonds. The predicted molar refractivity (Wildman–Crippen MR) is 54.8 cm³/mol. The Kier molecular flexibility index (Phi) is 3.82. The molecule has 0 aliphatic rings. The standard InChI is InChI=1S/C10H14F2N2O3/c1-10(2,3)17-9(16)14-4-6(13-5-14)7(15)8(11)12/h4-5,7-8,15H,1-3H3. The maximum atomic E-state index is 12.2. The smallest absolute Gasteiger partial charge is 0.419 e. The second-order valence-corrected chi connectivity index (χ2v) is 4.47. The van der Waals surface area contributed by atoms with Crippen LogP contribution in [0.3, 0.4) is 0 Å². The number of carbonyl (C=O) groups is 1. The van der Waals surface area contributed by atoms with Crippen LogP contribution in [-0.4, -0.2) is 32.8 Å². The van der Waals surface area contributed by atoms with Crippen LogP contribution < -0.4 is 0 Å². The number of aromatic nitrogens is 2. The minimum atomic E-state index is -2.95. The highest BCUT2D eigenvalue weighted by atomic mass is 19.3. The first kappa shape index (κ1) is 13.6. The maximum absolute atomic E-state index is 12.2. The van der Waals surface area contributed by atoms with Gasteiger partial charge in [-0.25, -0.2) is 23.1 Å². The number of aliphatic hydroxyl groups is 1. The van der Waals surface area contributed by atoms with Gasteiger partial charge in [-0.2, -0.15) is 0 Å². The van der Waals surface area contributed by atoms with E-state index in [-0.39, 0.29) is 5.69 Å². The van der Waals surface area contributed by atoms with Crippen molar-refractivity contribution in [1.29, 1.82) is 0 Å². The maximum Gasteiger partial charge on any atom is 0.419 e. The van der Waals surface area contributed by atoms with E-state index in [1.807, 2.05) is 0 Å². The minimum absolute atomic E-state index is 0.272. The first-order valence-electron chi connectivity index (χ1n) is 4.94. The zero-order valence-electron chi connectivity index (χ0n) is 9.72. The van der Waals surface area contributed by atoms with E-state index < -0.39 is 24.2 Å². The Bertz CT molecular complexity index is 399. The van der Waals surface area contributed by atoms with Crippen LogP contribution in [0.4, 0.5) is 13.6 Å². The summed E-state index contributed by atoms with van der Waals surface area (Å²) in [5.74, 6) is 0. The number of nitrogens with zero attached hydrogens (tertiary/aromatic N) is 2. The molecule has 0 fully saturated rings. The van der Waals surface area contributed by atoms with E-state index >= 15 is 0 Å². The summed E-state index contributed by atoms with van der Waals surface area (Å²) in [7, 11) is 0. The number of aliphatic hydroxyl groups excluding tert-OH is 1. The molecule has 1 aromatic heterocycles. The molecule has 1 rings (SSSR count). The summed E-state index contributed by atoms with van der Waals surface area (Å²) in [6.07, 6.45) is -3.65. The van der Waals surface area contributed by atoms with Crippen molar-refractivity contribution in [3.8, 4) is 0 Å². The third kappa shape index (κ3) is 3.77. The number of alkyl halides is 2. The molecular formula is C10H14F2N2O3. The lowest BCUT2D eigenvalue weighted by Crippen LogP contribution is -2.26. The van der Waals surface area contributed by atoms with E-state index in [1.54, 1.807) is 20.8 Å². The van der Waals surface area contributed by atoms with E-state index in [0.717, 1.165) is 17.1 Å². The van der Waals surface area contributed by atoms with Gasteiger partial charge < -0.3 is 9.84 Å². The number of ether oxygens (including phenoxy) is 1. The third-order valence-corrected chi connectivity index (χ3v) is 1.75. The molecule has 5 nitrogen and oxygen atoms in total. The first-order valence-corrected chi connectivity index (χ1v) is 4.94. The van der Waals surface area contributed by atoms with Gasteiger partial charge in [0.25, 0.3) is 6.43 Å². The van der Waals surface area contributed by atoms with E-state index in [1.165, 1.54) is 0 Å². The van der Waals surface area contributed by atoms with Gasteiger partial charge in [0, 0.05) is 6.20 Å². The molecule has 17 heavy (non-hydrogen) atoms. The van der Waals surface area contributed by atoms with E-state index in [9.17, 15) is 13.6 Å². The highest BCUT2D eigenvalue weighted by Gasteiger charge is 2.24. The number of hydrogen-bond acceptors (Lipinski definition) is 4. The van der Waals surface area contributed by atoms with Crippen molar-refractivity contribution in [1.82, 2.24) is 9.55 Å². The normalized spacial score (nSPS) is 13.8. The van der Waals surface area contributed by atoms with E-state index in [0.29, 0.717) is 0 Å². The quantitative estimate of drug-likeness (QED) is 0.869. The molecule has 0 aliphatic carbocycles. The van der Waals surface area contributed by atoms with Gasteiger partial charge in [-0.1, -0.05) is 0 Å². The second kappa shape index (κ2) is 4.79. The molecule has 1 N–H and O–H groups in total. The Hall–Kier alpha value is -1.50. The van der Waals surface area contributed by atoms with Crippen LogP contribution in [0.25, 0.3) is 0 Å². The van der Waals surface area contributed by atoms with Gasteiger partial charge in [0.1, 0.15) is 11.9 Å². The molecule has 1 atom stereocenters. The fourth-order valence-electron chi connectivity index (χ4n) is 1.03. The fraction of sp³-hybridized carbons (Fsp3) is 0.600.